The van der Waals surface area contributed by atoms with E-state index in [9.17, 15) is 18.0 Å². The number of hydrogen-bond donors (Lipinski definition) is 1. The average molecular weight is 253 g/mol. The summed E-state index contributed by atoms with van der Waals surface area (Å²) in [5.41, 5.74) is 0.00696. The summed E-state index contributed by atoms with van der Waals surface area (Å²) < 4.78 is 37.1. The quantitative estimate of drug-likeness (QED) is 0.837. The van der Waals surface area contributed by atoms with E-state index in [1.165, 1.54) is 0 Å². The van der Waals surface area contributed by atoms with Gasteiger partial charge in [-0.25, -0.2) is 0 Å². The number of aliphatic carboxylic acids is 1. The minimum Gasteiger partial charge on any atom is -0.480 e. The summed E-state index contributed by atoms with van der Waals surface area (Å²) >= 11 is 0. The van der Waals surface area contributed by atoms with Crippen LogP contribution in [0.25, 0.3) is 0 Å². The minimum atomic E-state index is -4.35. The zero-order chi connectivity index (χ0) is 13.3. The van der Waals surface area contributed by atoms with Gasteiger partial charge in [0.15, 0.2) is 0 Å². The normalized spacial score (nSPS) is 24.2. The molecule has 0 spiro atoms. The van der Waals surface area contributed by atoms with Crippen molar-refractivity contribution in [1.82, 2.24) is 4.90 Å². The van der Waals surface area contributed by atoms with Gasteiger partial charge in [0, 0.05) is 6.04 Å². The second-order valence-corrected chi connectivity index (χ2v) is 5.47. The predicted molar refractivity (Wildman–Crippen MR) is 56.7 cm³/mol. The molecule has 0 bridgehead atoms. The lowest BCUT2D eigenvalue weighted by molar-refractivity contribution is -0.158. The zero-order valence-corrected chi connectivity index (χ0v) is 10.0. The van der Waals surface area contributed by atoms with Crippen LogP contribution in [0.4, 0.5) is 13.2 Å². The highest BCUT2D eigenvalue weighted by Crippen LogP contribution is 2.39. The molecule has 0 aromatic carbocycles. The maximum Gasteiger partial charge on any atom is 0.401 e. The molecule has 0 radical (unpaired) electrons. The second kappa shape index (κ2) is 4.84. The van der Waals surface area contributed by atoms with Crippen molar-refractivity contribution in [3.05, 3.63) is 0 Å². The van der Waals surface area contributed by atoms with E-state index in [0.29, 0.717) is 12.8 Å². The van der Waals surface area contributed by atoms with Crippen LogP contribution in [0.3, 0.4) is 0 Å². The topological polar surface area (TPSA) is 40.5 Å². The van der Waals surface area contributed by atoms with Crippen molar-refractivity contribution in [2.45, 2.75) is 45.3 Å². The molecular weight excluding hydrogens is 235 g/mol. The van der Waals surface area contributed by atoms with E-state index >= 15 is 0 Å². The van der Waals surface area contributed by atoms with Crippen LogP contribution in [0.2, 0.25) is 0 Å². The van der Waals surface area contributed by atoms with Crippen molar-refractivity contribution in [2.24, 2.45) is 5.41 Å². The van der Waals surface area contributed by atoms with E-state index in [1.807, 2.05) is 13.8 Å². The summed E-state index contributed by atoms with van der Waals surface area (Å²) in [5.74, 6) is -1.21. The Labute approximate surface area is 98.6 Å². The highest BCUT2D eigenvalue weighted by atomic mass is 19.4. The SMILES string of the molecule is CC1(C)CCC(N(CC(=O)O)CC(F)(F)F)C1. The van der Waals surface area contributed by atoms with Crippen LogP contribution in [0, 0.1) is 5.41 Å². The molecule has 1 unspecified atom stereocenters. The van der Waals surface area contributed by atoms with Gasteiger partial charge in [0.2, 0.25) is 0 Å². The molecular formula is C11H18F3NO2. The van der Waals surface area contributed by atoms with Crippen molar-refractivity contribution < 1.29 is 23.1 Å². The molecule has 3 nitrogen and oxygen atoms in total. The van der Waals surface area contributed by atoms with Crippen LogP contribution in [-0.2, 0) is 4.79 Å². The number of alkyl halides is 3. The molecule has 1 atom stereocenters. The molecule has 0 heterocycles. The Morgan fingerprint density at radius 1 is 1.47 bits per heavy atom. The molecule has 1 saturated carbocycles. The Bertz CT molecular complexity index is 289. The molecule has 100 valence electrons. The number of carboxylic acids is 1. The smallest absolute Gasteiger partial charge is 0.401 e. The molecule has 0 saturated heterocycles. The van der Waals surface area contributed by atoms with E-state index in [2.05, 4.69) is 0 Å². The Balaban J connectivity index is 2.67. The lowest BCUT2D eigenvalue weighted by atomic mass is 9.91. The molecule has 1 aliphatic carbocycles. The minimum absolute atomic E-state index is 0.00696. The monoisotopic (exact) mass is 253 g/mol. The van der Waals surface area contributed by atoms with Crippen molar-refractivity contribution in [1.29, 1.82) is 0 Å². The van der Waals surface area contributed by atoms with Gasteiger partial charge in [-0.3, -0.25) is 9.69 Å². The molecule has 0 amide bonds. The molecule has 0 aromatic heterocycles. The third-order valence-electron chi connectivity index (χ3n) is 3.18. The summed E-state index contributed by atoms with van der Waals surface area (Å²) in [5, 5.41) is 8.66. The van der Waals surface area contributed by atoms with Gasteiger partial charge in [-0.05, 0) is 24.7 Å². The first-order valence-corrected chi connectivity index (χ1v) is 5.62. The Morgan fingerprint density at radius 2 is 2.06 bits per heavy atom. The first-order valence-electron chi connectivity index (χ1n) is 5.62. The number of carboxylic acid groups (broad SMARTS) is 1. The van der Waals surface area contributed by atoms with Crippen LogP contribution in [-0.4, -0.2) is 41.3 Å². The van der Waals surface area contributed by atoms with Crippen molar-refractivity contribution in [3.63, 3.8) is 0 Å². The predicted octanol–water partition coefficient (Wildman–Crippen LogP) is 2.51. The first kappa shape index (κ1) is 14.3. The maximum atomic E-state index is 12.4. The molecule has 1 N–H and O–H groups in total. The van der Waals surface area contributed by atoms with Crippen LogP contribution in [0.5, 0.6) is 0 Å². The molecule has 0 aromatic rings. The summed E-state index contributed by atoms with van der Waals surface area (Å²) in [6, 6.07) is -0.275. The van der Waals surface area contributed by atoms with E-state index < -0.39 is 25.2 Å². The van der Waals surface area contributed by atoms with Crippen molar-refractivity contribution >= 4 is 5.97 Å². The summed E-state index contributed by atoms with van der Waals surface area (Å²) in [4.78, 5) is 11.6. The molecule has 1 rings (SSSR count). The lowest BCUT2D eigenvalue weighted by Gasteiger charge is -2.29. The Kier molecular flexibility index (Phi) is 4.06. The average Bonchev–Trinajstić information content (AvgIpc) is 2.41. The first-order chi connectivity index (χ1) is 7.59. The van der Waals surface area contributed by atoms with Gasteiger partial charge < -0.3 is 5.11 Å². The fraction of sp³-hybridized carbons (Fsp3) is 0.909. The molecule has 0 aliphatic heterocycles. The molecule has 6 heteroatoms. The van der Waals surface area contributed by atoms with Crippen molar-refractivity contribution in [2.75, 3.05) is 13.1 Å². The van der Waals surface area contributed by atoms with Gasteiger partial charge in [-0.2, -0.15) is 13.2 Å². The summed E-state index contributed by atoms with van der Waals surface area (Å²) in [7, 11) is 0. The molecule has 1 aliphatic rings. The largest absolute Gasteiger partial charge is 0.480 e. The van der Waals surface area contributed by atoms with Gasteiger partial charge in [0.05, 0.1) is 13.1 Å². The Morgan fingerprint density at radius 3 is 2.41 bits per heavy atom. The number of nitrogens with zero attached hydrogens (tertiary/aromatic N) is 1. The van der Waals surface area contributed by atoms with Crippen LogP contribution in [0.1, 0.15) is 33.1 Å². The number of halogens is 3. The van der Waals surface area contributed by atoms with Crippen molar-refractivity contribution in [3.8, 4) is 0 Å². The highest BCUT2D eigenvalue weighted by molar-refractivity contribution is 5.69. The molecule has 17 heavy (non-hydrogen) atoms. The number of rotatable bonds is 4. The van der Waals surface area contributed by atoms with Gasteiger partial charge in [-0.15, -0.1) is 0 Å². The lowest BCUT2D eigenvalue weighted by Crippen LogP contribution is -2.43. The fourth-order valence-electron chi connectivity index (χ4n) is 2.43. The zero-order valence-electron chi connectivity index (χ0n) is 10.0. The van der Waals surface area contributed by atoms with Gasteiger partial charge >= 0.3 is 12.1 Å². The number of carbonyl (C=O) groups is 1. The third kappa shape index (κ3) is 4.93. The van der Waals surface area contributed by atoms with Crippen LogP contribution >= 0.6 is 0 Å². The van der Waals surface area contributed by atoms with Gasteiger partial charge in [-0.1, -0.05) is 13.8 Å². The number of hydrogen-bond acceptors (Lipinski definition) is 2. The standard InChI is InChI=1S/C11H18F3NO2/c1-10(2)4-3-8(5-10)15(6-9(16)17)7-11(12,13)14/h8H,3-7H2,1-2H3,(H,16,17). The van der Waals surface area contributed by atoms with Gasteiger partial charge in [0.25, 0.3) is 0 Å². The third-order valence-corrected chi connectivity index (χ3v) is 3.18. The van der Waals surface area contributed by atoms with E-state index in [-0.39, 0.29) is 11.5 Å². The van der Waals surface area contributed by atoms with Crippen LogP contribution < -0.4 is 0 Å². The highest BCUT2D eigenvalue weighted by Gasteiger charge is 2.39. The fourth-order valence-corrected chi connectivity index (χ4v) is 2.43. The maximum absolute atomic E-state index is 12.4. The summed E-state index contributed by atoms with van der Waals surface area (Å²) in [6.07, 6.45) is -2.25. The van der Waals surface area contributed by atoms with E-state index in [4.69, 9.17) is 5.11 Å². The van der Waals surface area contributed by atoms with E-state index in [0.717, 1.165) is 11.3 Å². The van der Waals surface area contributed by atoms with Crippen LogP contribution in [0.15, 0.2) is 0 Å². The molecule has 1 fully saturated rings. The Hall–Kier alpha value is -0.780. The summed E-state index contributed by atoms with van der Waals surface area (Å²) in [6.45, 7) is 2.32. The second-order valence-electron chi connectivity index (χ2n) is 5.47. The van der Waals surface area contributed by atoms with Gasteiger partial charge in [0.1, 0.15) is 0 Å². The van der Waals surface area contributed by atoms with E-state index in [1.54, 1.807) is 0 Å².